The van der Waals surface area contributed by atoms with Crippen LogP contribution in [-0.2, 0) is 33.9 Å². The van der Waals surface area contributed by atoms with E-state index in [1.807, 2.05) is 72.4 Å². The van der Waals surface area contributed by atoms with Gasteiger partial charge in [0, 0.05) is 47.3 Å². The highest BCUT2D eigenvalue weighted by Gasteiger charge is 2.27. The topological polar surface area (TPSA) is 74.4 Å². The van der Waals surface area contributed by atoms with E-state index in [2.05, 4.69) is 22.4 Å². The number of anilines is 1. The second-order valence-electron chi connectivity index (χ2n) is 9.04. The van der Waals surface area contributed by atoms with E-state index in [1.54, 1.807) is 19.1 Å². The molecule has 4 aromatic rings. The molecule has 1 atom stereocenters. The van der Waals surface area contributed by atoms with Gasteiger partial charge in [-0.3, -0.25) is 9.59 Å². The number of nitrogens with one attached hydrogen (secondary N) is 2. The van der Waals surface area contributed by atoms with Gasteiger partial charge in [0.2, 0.25) is 11.8 Å². The maximum atomic E-state index is 13.7. The fourth-order valence-corrected chi connectivity index (χ4v) is 5.67. The zero-order chi connectivity index (χ0) is 25.1. The van der Waals surface area contributed by atoms with E-state index in [0.717, 1.165) is 50.7 Å². The molecule has 2 amide bonds. The predicted octanol–water partition coefficient (Wildman–Crippen LogP) is 4.86. The number of aromatic amines is 1. The number of benzene rings is 3. The second kappa shape index (κ2) is 10.5. The van der Waals surface area contributed by atoms with E-state index < -0.39 is 6.04 Å². The summed E-state index contributed by atoms with van der Waals surface area (Å²) in [5.74, 6) is 2.03. The molecule has 2 heterocycles. The monoisotopic (exact) mass is 499 g/mol. The van der Waals surface area contributed by atoms with Gasteiger partial charge in [-0.2, -0.15) is 11.8 Å². The van der Waals surface area contributed by atoms with Crippen molar-refractivity contribution in [3.05, 3.63) is 95.2 Å². The van der Waals surface area contributed by atoms with Crippen molar-refractivity contribution in [2.45, 2.75) is 30.4 Å². The molecule has 1 aliphatic heterocycles. The number of carbonyl (C=O) groups excluding carboxylic acids is 2. The fourth-order valence-electron chi connectivity index (χ4n) is 4.71. The summed E-state index contributed by atoms with van der Waals surface area (Å²) in [6.07, 6.45) is 0.637. The zero-order valence-electron chi connectivity index (χ0n) is 20.4. The Morgan fingerprint density at radius 2 is 1.78 bits per heavy atom. The molecule has 36 heavy (non-hydrogen) atoms. The molecule has 5 rings (SSSR count). The number of fused-ring (bicyclic) bond motifs is 5. The molecule has 0 spiro atoms. The van der Waals surface area contributed by atoms with Crippen molar-refractivity contribution in [1.82, 2.24) is 10.3 Å². The minimum absolute atomic E-state index is 0.164. The van der Waals surface area contributed by atoms with Crippen LogP contribution in [0.4, 0.5) is 5.69 Å². The lowest BCUT2D eigenvalue weighted by molar-refractivity contribution is -0.127. The SMILES string of the molecule is COc1ccc(N(C)C(=O)C2Cc3cccc(c3)CSCc3[nH]c4ccccc4c3CC(=O)N2)cc1. The van der Waals surface area contributed by atoms with Gasteiger partial charge in [-0.25, -0.2) is 0 Å². The van der Waals surface area contributed by atoms with Crippen LogP contribution in [0.5, 0.6) is 5.75 Å². The third-order valence-corrected chi connectivity index (χ3v) is 7.64. The van der Waals surface area contributed by atoms with Crippen molar-refractivity contribution in [3.8, 4) is 5.75 Å². The molecule has 0 aliphatic carbocycles. The summed E-state index contributed by atoms with van der Waals surface area (Å²) < 4.78 is 5.24. The maximum absolute atomic E-state index is 13.7. The molecule has 7 heteroatoms. The summed E-state index contributed by atoms with van der Waals surface area (Å²) in [7, 11) is 3.35. The minimum atomic E-state index is -0.693. The van der Waals surface area contributed by atoms with E-state index in [9.17, 15) is 9.59 Å². The minimum Gasteiger partial charge on any atom is -0.497 e. The van der Waals surface area contributed by atoms with Gasteiger partial charge < -0.3 is 19.9 Å². The average Bonchev–Trinajstić information content (AvgIpc) is 3.24. The summed E-state index contributed by atoms with van der Waals surface area (Å²) in [4.78, 5) is 32.1. The summed E-state index contributed by atoms with van der Waals surface area (Å²) in [6, 6.07) is 23.0. The van der Waals surface area contributed by atoms with Crippen molar-refractivity contribution in [2.75, 3.05) is 19.1 Å². The molecule has 1 aliphatic rings. The van der Waals surface area contributed by atoms with Gasteiger partial charge in [0.05, 0.1) is 13.5 Å². The smallest absolute Gasteiger partial charge is 0.249 e. The van der Waals surface area contributed by atoms with Crippen molar-refractivity contribution in [3.63, 3.8) is 0 Å². The highest BCUT2D eigenvalue weighted by Crippen LogP contribution is 2.28. The number of H-pyrrole nitrogens is 1. The Balaban J connectivity index is 1.48. The van der Waals surface area contributed by atoms with Gasteiger partial charge in [0.1, 0.15) is 11.8 Å². The van der Waals surface area contributed by atoms with Gasteiger partial charge in [-0.1, -0.05) is 42.5 Å². The molecule has 1 aromatic heterocycles. The first-order chi connectivity index (χ1) is 17.5. The number of likely N-dealkylation sites (N-methyl/N-ethyl adjacent to an activating group) is 1. The number of hydrogen-bond donors (Lipinski definition) is 2. The molecule has 3 aromatic carbocycles. The highest BCUT2D eigenvalue weighted by atomic mass is 32.2. The number of nitrogens with zero attached hydrogens (tertiary/aromatic N) is 1. The van der Waals surface area contributed by atoms with Crippen LogP contribution in [0.3, 0.4) is 0 Å². The molecule has 0 radical (unpaired) electrons. The first kappa shape index (κ1) is 24.0. The van der Waals surface area contributed by atoms with Crippen molar-refractivity contribution >= 4 is 40.2 Å². The third kappa shape index (κ3) is 5.11. The Kier molecular flexibility index (Phi) is 7.00. The molecule has 0 saturated heterocycles. The van der Waals surface area contributed by atoms with Gasteiger partial charge in [0.15, 0.2) is 0 Å². The van der Waals surface area contributed by atoms with E-state index in [0.29, 0.717) is 6.42 Å². The Bertz CT molecular complexity index is 1400. The normalized spacial score (nSPS) is 16.2. The number of methoxy groups -OCH3 is 1. The van der Waals surface area contributed by atoms with Crippen LogP contribution >= 0.6 is 11.8 Å². The Labute approximate surface area is 215 Å². The van der Waals surface area contributed by atoms with Crippen LogP contribution in [-0.4, -0.2) is 37.0 Å². The Morgan fingerprint density at radius 3 is 2.58 bits per heavy atom. The first-order valence-electron chi connectivity index (χ1n) is 12.0. The van der Waals surface area contributed by atoms with Crippen LogP contribution in [0.1, 0.15) is 22.4 Å². The van der Waals surface area contributed by atoms with E-state index in [-0.39, 0.29) is 18.2 Å². The van der Waals surface area contributed by atoms with Crippen molar-refractivity contribution in [2.24, 2.45) is 0 Å². The molecule has 6 nitrogen and oxygen atoms in total. The summed E-state index contributed by atoms with van der Waals surface area (Å²) in [5.41, 5.74) is 6.05. The van der Waals surface area contributed by atoms with Gasteiger partial charge in [-0.05, 0) is 47.0 Å². The molecule has 2 N–H and O–H groups in total. The van der Waals surface area contributed by atoms with Crippen LogP contribution in [0.15, 0.2) is 72.8 Å². The summed E-state index contributed by atoms with van der Waals surface area (Å²) in [5, 5.41) is 4.11. The van der Waals surface area contributed by atoms with E-state index in [1.165, 1.54) is 5.56 Å². The number of amides is 2. The summed E-state index contributed by atoms with van der Waals surface area (Å²) in [6.45, 7) is 0. The largest absolute Gasteiger partial charge is 0.497 e. The molecule has 0 fully saturated rings. The number of carbonyl (C=O) groups is 2. The fraction of sp³-hybridized carbons (Fsp3) is 0.241. The van der Waals surface area contributed by atoms with Gasteiger partial charge in [0.25, 0.3) is 0 Å². The number of para-hydroxylation sites is 1. The molecule has 1 unspecified atom stereocenters. The molecule has 184 valence electrons. The standard InChI is InChI=1S/C29H29N3O3S/c1-32(21-10-12-22(35-2)13-11-21)29(34)26-15-19-6-5-7-20(14-19)17-36-18-27-24(16-28(33)31-26)23-8-3-4-9-25(23)30-27/h3-14,26,30H,15-18H2,1-2H3,(H,31,33). The van der Waals surface area contributed by atoms with Gasteiger partial charge in [-0.15, -0.1) is 0 Å². The number of ether oxygens (including phenoxy) is 1. The number of rotatable bonds is 3. The van der Waals surface area contributed by atoms with Crippen LogP contribution in [0.25, 0.3) is 10.9 Å². The molecule has 2 bridgehead atoms. The highest BCUT2D eigenvalue weighted by molar-refractivity contribution is 7.97. The van der Waals surface area contributed by atoms with E-state index in [4.69, 9.17) is 4.74 Å². The van der Waals surface area contributed by atoms with Crippen LogP contribution in [0.2, 0.25) is 0 Å². The van der Waals surface area contributed by atoms with Crippen molar-refractivity contribution < 1.29 is 14.3 Å². The molecular weight excluding hydrogens is 470 g/mol. The molecular formula is C29H29N3O3S. The molecule has 0 saturated carbocycles. The second-order valence-corrected chi connectivity index (χ2v) is 10.0. The number of aromatic nitrogens is 1. The Hall–Kier alpha value is -3.71. The zero-order valence-corrected chi connectivity index (χ0v) is 21.2. The average molecular weight is 500 g/mol. The van der Waals surface area contributed by atoms with Crippen molar-refractivity contribution in [1.29, 1.82) is 0 Å². The van der Waals surface area contributed by atoms with Gasteiger partial charge >= 0.3 is 0 Å². The summed E-state index contributed by atoms with van der Waals surface area (Å²) >= 11 is 1.82. The third-order valence-electron chi connectivity index (χ3n) is 6.61. The Morgan fingerprint density at radius 1 is 1.00 bits per heavy atom. The quantitative estimate of drug-likeness (QED) is 0.422. The maximum Gasteiger partial charge on any atom is 0.249 e. The lowest BCUT2D eigenvalue weighted by Gasteiger charge is -2.25. The van der Waals surface area contributed by atoms with Crippen LogP contribution in [0, 0.1) is 0 Å². The predicted molar refractivity (Wildman–Crippen MR) is 145 cm³/mol. The number of thioether (sulfide) groups is 1. The van der Waals surface area contributed by atoms with E-state index >= 15 is 0 Å². The van der Waals surface area contributed by atoms with Crippen LogP contribution < -0.4 is 15.0 Å². The number of hydrogen-bond acceptors (Lipinski definition) is 4. The first-order valence-corrected chi connectivity index (χ1v) is 13.1. The lowest BCUT2D eigenvalue weighted by Crippen LogP contribution is -2.49. The lowest BCUT2D eigenvalue weighted by atomic mass is 10.0.